The number of halogens is 1. The monoisotopic (exact) mass is 279 g/mol. The zero-order chi connectivity index (χ0) is 14.7. The number of anilines is 1. The van der Waals surface area contributed by atoms with Crippen LogP contribution in [0.1, 0.15) is 26.3 Å². The molecular formula is C16H26FN3. The van der Waals surface area contributed by atoms with Gasteiger partial charge in [-0.3, -0.25) is 0 Å². The minimum absolute atomic E-state index is 0.107. The lowest BCUT2D eigenvalue weighted by Gasteiger charge is -2.40. The minimum atomic E-state index is -0.107. The average Bonchev–Trinajstić information content (AvgIpc) is 2.37. The number of benzene rings is 1. The fourth-order valence-electron chi connectivity index (χ4n) is 2.81. The molecule has 1 atom stereocenters. The molecule has 1 aliphatic rings. The predicted octanol–water partition coefficient (Wildman–Crippen LogP) is 2.46. The Morgan fingerprint density at radius 3 is 2.75 bits per heavy atom. The first kappa shape index (κ1) is 15.3. The molecule has 1 aliphatic heterocycles. The summed E-state index contributed by atoms with van der Waals surface area (Å²) in [5.74, 6) is -0.107. The molecule has 2 rings (SSSR count). The zero-order valence-corrected chi connectivity index (χ0v) is 13.0. The molecule has 0 amide bonds. The van der Waals surface area contributed by atoms with Crippen LogP contribution in [0.3, 0.4) is 0 Å². The molecule has 0 bridgehead atoms. The maximum Gasteiger partial charge on any atom is 0.146 e. The van der Waals surface area contributed by atoms with E-state index >= 15 is 0 Å². The molecule has 112 valence electrons. The summed E-state index contributed by atoms with van der Waals surface area (Å²) in [5.41, 5.74) is 1.83. The van der Waals surface area contributed by atoms with Gasteiger partial charge >= 0.3 is 0 Å². The molecule has 0 aromatic heterocycles. The highest BCUT2D eigenvalue weighted by molar-refractivity contribution is 5.56. The molecule has 1 aromatic rings. The maximum absolute atomic E-state index is 14.3. The van der Waals surface area contributed by atoms with Crippen molar-refractivity contribution < 1.29 is 4.39 Å². The van der Waals surface area contributed by atoms with Crippen LogP contribution in [-0.4, -0.2) is 43.7 Å². The molecule has 1 saturated heterocycles. The first-order valence-electron chi connectivity index (χ1n) is 7.45. The summed E-state index contributed by atoms with van der Waals surface area (Å²) in [4.78, 5) is 4.51. The molecule has 0 radical (unpaired) electrons. The molecule has 1 aromatic carbocycles. The van der Waals surface area contributed by atoms with E-state index in [1.165, 1.54) is 0 Å². The van der Waals surface area contributed by atoms with E-state index in [1.54, 1.807) is 12.1 Å². The fourth-order valence-corrected chi connectivity index (χ4v) is 2.81. The average molecular weight is 279 g/mol. The lowest BCUT2D eigenvalue weighted by atomic mass is 10.1. The van der Waals surface area contributed by atoms with Crippen LogP contribution in [0.5, 0.6) is 0 Å². The Hall–Kier alpha value is -1.13. The summed E-state index contributed by atoms with van der Waals surface area (Å²) in [5, 5.41) is 3.39. The third-order valence-corrected chi connectivity index (χ3v) is 3.89. The lowest BCUT2D eigenvalue weighted by Crippen LogP contribution is -2.51. The largest absolute Gasteiger partial charge is 0.364 e. The maximum atomic E-state index is 14.3. The Morgan fingerprint density at radius 2 is 2.10 bits per heavy atom. The topological polar surface area (TPSA) is 18.5 Å². The highest BCUT2D eigenvalue weighted by Crippen LogP contribution is 2.28. The Kier molecular flexibility index (Phi) is 5.00. The van der Waals surface area contributed by atoms with Gasteiger partial charge in [0.05, 0.1) is 5.69 Å². The van der Waals surface area contributed by atoms with Crippen LogP contribution >= 0.6 is 0 Å². The first-order chi connectivity index (χ1) is 9.49. The zero-order valence-electron chi connectivity index (χ0n) is 13.0. The van der Waals surface area contributed by atoms with Crippen molar-refractivity contribution in [2.75, 3.05) is 31.6 Å². The van der Waals surface area contributed by atoms with Crippen LogP contribution in [0.15, 0.2) is 18.2 Å². The number of likely N-dealkylation sites (N-methyl/N-ethyl adjacent to an activating group) is 1. The SMILES string of the molecule is CC(C)NCc1cccc(F)c1N1CCN(C)CC1C. The van der Waals surface area contributed by atoms with Crippen molar-refractivity contribution in [2.24, 2.45) is 0 Å². The Morgan fingerprint density at radius 1 is 1.35 bits per heavy atom. The molecule has 1 N–H and O–H groups in total. The van der Waals surface area contributed by atoms with E-state index < -0.39 is 0 Å². The van der Waals surface area contributed by atoms with E-state index in [1.807, 2.05) is 6.07 Å². The van der Waals surface area contributed by atoms with Crippen molar-refractivity contribution in [1.29, 1.82) is 0 Å². The van der Waals surface area contributed by atoms with Crippen molar-refractivity contribution in [2.45, 2.75) is 39.4 Å². The van der Waals surface area contributed by atoms with Gasteiger partial charge in [-0.05, 0) is 25.6 Å². The molecule has 4 heteroatoms. The van der Waals surface area contributed by atoms with E-state index in [9.17, 15) is 4.39 Å². The second-order valence-electron chi connectivity index (χ2n) is 6.09. The molecule has 3 nitrogen and oxygen atoms in total. The quantitative estimate of drug-likeness (QED) is 0.913. The number of hydrogen-bond acceptors (Lipinski definition) is 3. The van der Waals surface area contributed by atoms with Crippen molar-refractivity contribution in [1.82, 2.24) is 10.2 Å². The third-order valence-electron chi connectivity index (χ3n) is 3.89. The van der Waals surface area contributed by atoms with Gasteiger partial charge in [-0.25, -0.2) is 4.39 Å². The molecule has 20 heavy (non-hydrogen) atoms. The summed E-state index contributed by atoms with van der Waals surface area (Å²) in [7, 11) is 2.12. The Labute approximate surface area is 121 Å². The molecule has 0 spiro atoms. The van der Waals surface area contributed by atoms with Crippen molar-refractivity contribution in [3.05, 3.63) is 29.6 Å². The van der Waals surface area contributed by atoms with E-state index in [0.717, 1.165) is 30.9 Å². The highest BCUT2D eigenvalue weighted by Gasteiger charge is 2.25. The summed E-state index contributed by atoms with van der Waals surface area (Å²) < 4.78 is 14.3. The number of para-hydroxylation sites is 1. The van der Waals surface area contributed by atoms with Gasteiger partial charge < -0.3 is 15.1 Å². The van der Waals surface area contributed by atoms with Crippen LogP contribution in [0.2, 0.25) is 0 Å². The second-order valence-corrected chi connectivity index (χ2v) is 6.09. The molecule has 1 heterocycles. The van der Waals surface area contributed by atoms with Crippen molar-refractivity contribution >= 4 is 5.69 Å². The van der Waals surface area contributed by atoms with Crippen LogP contribution in [0.4, 0.5) is 10.1 Å². The summed E-state index contributed by atoms with van der Waals surface area (Å²) in [6.45, 7) is 9.94. The number of hydrogen-bond donors (Lipinski definition) is 1. The van der Waals surface area contributed by atoms with E-state index in [-0.39, 0.29) is 5.82 Å². The number of piperazine rings is 1. The van der Waals surface area contributed by atoms with Gasteiger partial charge in [-0.2, -0.15) is 0 Å². The van der Waals surface area contributed by atoms with Gasteiger partial charge in [0, 0.05) is 38.3 Å². The minimum Gasteiger partial charge on any atom is -0.364 e. The molecule has 1 fully saturated rings. The van der Waals surface area contributed by atoms with Crippen LogP contribution in [0, 0.1) is 5.82 Å². The number of rotatable bonds is 4. The summed E-state index contributed by atoms with van der Waals surface area (Å²) >= 11 is 0. The summed E-state index contributed by atoms with van der Waals surface area (Å²) in [6.07, 6.45) is 0. The smallest absolute Gasteiger partial charge is 0.146 e. The molecule has 1 unspecified atom stereocenters. The van der Waals surface area contributed by atoms with Crippen molar-refractivity contribution in [3.63, 3.8) is 0 Å². The van der Waals surface area contributed by atoms with E-state index in [4.69, 9.17) is 0 Å². The van der Waals surface area contributed by atoms with Crippen molar-refractivity contribution in [3.8, 4) is 0 Å². The second kappa shape index (κ2) is 6.55. The molecule has 0 saturated carbocycles. The normalized spacial score (nSPS) is 20.7. The van der Waals surface area contributed by atoms with Gasteiger partial charge in [0.2, 0.25) is 0 Å². The van der Waals surface area contributed by atoms with Crippen LogP contribution < -0.4 is 10.2 Å². The Balaban J connectivity index is 2.25. The van der Waals surface area contributed by atoms with Gasteiger partial charge in [0.25, 0.3) is 0 Å². The van der Waals surface area contributed by atoms with Gasteiger partial charge in [0.15, 0.2) is 0 Å². The number of nitrogens with one attached hydrogen (secondary N) is 1. The summed E-state index contributed by atoms with van der Waals surface area (Å²) in [6, 6.07) is 6.13. The molecule has 0 aliphatic carbocycles. The molecular weight excluding hydrogens is 253 g/mol. The van der Waals surface area contributed by atoms with Crippen LogP contribution in [0.25, 0.3) is 0 Å². The van der Waals surface area contributed by atoms with E-state index in [2.05, 4.69) is 42.9 Å². The Bertz CT molecular complexity index is 447. The first-order valence-corrected chi connectivity index (χ1v) is 7.45. The van der Waals surface area contributed by atoms with Gasteiger partial charge in [-0.15, -0.1) is 0 Å². The fraction of sp³-hybridized carbons (Fsp3) is 0.625. The van der Waals surface area contributed by atoms with Crippen LogP contribution in [-0.2, 0) is 6.54 Å². The number of nitrogens with zero attached hydrogens (tertiary/aromatic N) is 2. The standard InChI is InChI=1S/C16H26FN3/c1-12(2)18-10-14-6-5-7-15(17)16(14)20-9-8-19(4)11-13(20)3/h5-7,12-13,18H,8-11H2,1-4H3. The van der Waals surface area contributed by atoms with Gasteiger partial charge in [-0.1, -0.05) is 26.0 Å². The lowest BCUT2D eigenvalue weighted by molar-refractivity contribution is 0.274. The predicted molar refractivity (Wildman–Crippen MR) is 82.7 cm³/mol. The highest BCUT2D eigenvalue weighted by atomic mass is 19.1. The third kappa shape index (κ3) is 3.49. The van der Waals surface area contributed by atoms with Gasteiger partial charge in [0.1, 0.15) is 5.82 Å². The van der Waals surface area contributed by atoms with E-state index in [0.29, 0.717) is 18.6 Å².